The van der Waals surface area contributed by atoms with E-state index in [1.54, 1.807) is 0 Å². The van der Waals surface area contributed by atoms with Crippen molar-refractivity contribution in [1.82, 2.24) is 5.32 Å². The van der Waals surface area contributed by atoms with Gasteiger partial charge < -0.3 is 9.87 Å². The third-order valence-electron chi connectivity index (χ3n) is 0.932. The molecule has 0 spiro atoms. The number of nitrogens with one attached hydrogen (secondary N) is 1. The van der Waals surface area contributed by atoms with Gasteiger partial charge in [0.05, 0.1) is 5.75 Å². The molecule has 4 heteroatoms. The number of rotatable bonds is 3. The van der Waals surface area contributed by atoms with E-state index in [9.17, 15) is 4.21 Å². The summed E-state index contributed by atoms with van der Waals surface area (Å²) in [5, 5.41) is 3.10. The molecule has 2 N–H and O–H groups in total. The molecule has 0 aliphatic carbocycles. The predicted molar refractivity (Wildman–Crippen MR) is 43.4 cm³/mol. The van der Waals surface area contributed by atoms with Crippen LogP contribution in [0.1, 0.15) is 20.8 Å². The summed E-state index contributed by atoms with van der Waals surface area (Å²) < 4.78 is 18.5. The van der Waals surface area contributed by atoms with Crippen LogP contribution in [0.25, 0.3) is 0 Å². The van der Waals surface area contributed by atoms with E-state index in [1.165, 1.54) is 0 Å². The molecule has 0 aromatic rings. The SMILES string of the molecule is CC(C)(C)NCCS(=O)O. The molecular weight excluding hydrogens is 150 g/mol. The molecular formula is C6H15NO2S. The molecule has 0 aromatic carbocycles. The highest BCUT2D eigenvalue weighted by Crippen LogP contribution is 1.96. The Morgan fingerprint density at radius 3 is 2.30 bits per heavy atom. The minimum Gasteiger partial charge on any atom is -0.311 e. The minimum atomic E-state index is -1.66. The largest absolute Gasteiger partial charge is 0.311 e. The molecule has 0 amide bonds. The average Bonchev–Trinajstić information content (AvgIpc) is 1.59. The van der Waals surface area contributed by atoms with Gasteiger partial charge in [0.2, 0.25) is 0 Å². The van der Waals surface area contributed by atoms with E-state index in [0.717, 1.165) is 0 Å². The summed E-state index contributed by atoms with van der Waals surface area (Å²) in [6, 6.07) is 0. The van der Waals surface area contributed by atoms with Crippen LogP contribution in [0, 0.1) is 0 Å². The fourth-order valence-electron chi connectivity index (χ4n) is 0.513. The summed E-state index contributed by atoms with van der Waals surface area (Å²) in [7, 11) is 0. The van der Waals surface area contributed by atoms with Crippen molar-refractivity contribution >= 4 is 11.1 Å². The second-order valence-electron chi connectivity index (χ2n) is 3.20. The van der Waals surface area contributed by atoms with Crippen molar-refractivity contribution in [2.75, 3.05) is 12.3 Å². The van der Waals surface area contributed by atoms with Crippen LogP contribution in [-0.2, 0) is 11.1 Å². The third kappa shape index (κ3) is 8.07. The molecule has 0 fully saturated rings. The molecule has 1 atom stereocenters. The van der Waals surface area contributed by atoms with E-state index in [4.69, 9.17) is 4.55 Å². The summed E-state index contributed by atoms with van der Waals surface area (Å²) in [5.74, 6) is 0.303. The smallest absolute Gasteiger partial charge is 0.154 e. The quantitative estimate of drug-likeness (QED) is 0.602. The van der Waals surface area contributed by atoms with Crippen molar-refractivity contribution < 1.29 is 8.76 Å². The highest BCUT2D eigenvalue weighted by molar-refractivity contribution is 7.79. The molecule has 0 rings (SSSR count). The molecule has 0 aliphatic rings. The maximum absolute atomic E-state index is 10.2. The summed E-state index contributed by atoms with van der Waals surface area (Å²) in [6.07, 6.45) is 0. The minimum absolute atomic E-state index is 0.0410. The maximum Gasteiger partial charge on any atom is 0.154 e. The molecule has 10 heavy (non-hydrogen) atoms. The Bertz CT molecular complexity index is 119. The van der Waals surface area contributed by atoms with E-state index in [2.05, 4.69) is 5.32 Å². The summed E-state index contributed by atoms with van der Waals surface area (Å²) in [6.45, 7) is 6.65. The highest BCUT2D eigenvalue weighted by Gasteiger charge is 2.07. The van der Waals surface area contributed by atoms with Gasteiger partial charge >= 0.3 is 0 Å². The Morgan fingerprint density at radius 2 is 2.00 bits per heavy atom. The predicted octanol–water partition coefficient (Wildman–Crippen LogP) is 0.596. The van der Waals surface area contributed by atoms with Crippen LogP contribution in [0.4, 0.5) is 0 Å². The van der Waals surface area contributed by atoms with E-state index < -0.39 is 11.1 Å². The lowest BCUT2D eigenvalue weighted by Crippen LogP contribution is -2.38. The van der Waals surface area contributed by atoms with Crippen LogP contribution in [0.2, 0.25) is 0 Å². The van der Waals surface area contributed by atoms with Crippen LogP contribution in [0.3, 0.4) is 0 Å². The number of hydrogen-bond donors (Lipinski definition) is 2. The molecule has 1 unspecified atom stereocenters. The van der Waals surface area contributed by atoms with E-state index in [1.807, 2.05) is 20.8 Å². The van der Waals surface area contributed by atoms with Crippen LogP contribution >= 0.6 is 0 Å². The first kappa shape index (κ1) is 10.1. The molecule has 3 nitrogen and oxygen atoms in total. The Labute approximate surface area is 64.5 Å². The standard InChI is InChI=1S/C6H15NO2S/c1-6(2,3)7-4-5-10(8)9/h7H,4-5H2,1-3H3,(H,8,9). The van der Waals surface area contributed by atoms with Crippen molar-refractivity contribution in [3.8, 4) is 0 Å². The maximum atomic E-state index is 10.2. The lowest BCUT2D eigenvalue weighted by Gasteiger charge is -2.19. The monoisotopic (exact) mass is 165 g/mol. The molecule has 0 bridgehead atoms. The van der Waals surface area contributed by atoms with Gasteiger partial charge in [-0.15, -0.1) is 0 Å². The van der Waals surface area contributed by atoms with Crippen molar-refractivity contribution in [1.29, 1.82) is 0 Å². The van der Waals surface area contributed by atoms with Crippen molar-refractivity contribution in [2.45, 2.75) is 26.3 Å². The van der Waals surface area contributed by atoms with Crippen molar-refractivity contribution in [3.63, 3.8) is 0 Å². The zero-order valence-corrected chi connectivity index (χ0v) is 7.49. The molecule has 0 saturated carbocycles. The van der Waals surface area contributed by atoms with E-state index in [-0.39, 0.29) is 5.54 Å². The Kier molecular flexibility index (Phi) is 4.08. The zero-order chi connectivity index (χ0) is 8.20. The van der Waals surface area contributed by atoms with Gasteiger partial charge in [-0.1, -0.05) is 0 Å². The molecule has 0 radical (unpaired) electrons. The van der Waals surface area contributed by atoms with E-state index >= 15 is 0 Å². The lowest BCUT2D eigenvalue weighted by atomic mass is 10.1. The summed E-state index contributed by atoms with van der Waals surface area (Å²) in [5.41, 5.74) is 0.0410. The van der Waals surface area contributed by atoms with Crippen molar-refractivity contribution in [2.24, 2.45) is 0 Å². The van der Waals surface area contributed by atoms with Gasteiger partial charge in [0, 0.05) is 12.1 Å². The summed E-state index contributed by atoms with van der Waals surface area (Å²) >= 11 is -1.66. The van der Waals surface area contributed by atoms with Gasteiger partial charge in [-0.25, -0.2) is 4.21 Å². The second-order valence-corrected chi connectivity index (χ2v) is 4.25. The fraction of sp³-hybridized carbons (Fsp3) is 1.00. The van der Waals surface area contributed by atoms with Crippen molar-refractivity contribution in [3.05, 3.63) is 0 Å². The first-order valence-electron chi connectivity index (χ1n) is 3.24. The van der Waals surface area contributed by atoms with Gasteiger partial charge in [-0.2, -0.15) is 0 Å². The molecule has 0 aromatic heterocycles. The van der Waals surface area contributed by atoms with Gasteiger partial charge in [-0.3, -0.25) is 0 Å². The summed E-state index contributed by atoms with van der Waals surface area (Å²) in [4.78, 5) is 0. The van der Waals surface area contributed by atoms with Gasteiger partial charge in [-0.05, 0) is 20.8 Å². The van der Waals surface area contributed by atoms with Gasteiger partial charge in [0.25, 0.3) is 0 Å². The van der Waals surface area contributed by atoms with Crippen LogP contribution in [0.15, 0.2) is 0 Å². The average molecular weight is 165 g/mol. The first-order chi connectivity index (χ1) is 4.42. The Hall–Kier alpha value is 0.0700. The normalized spacial score (nSPS) is 15.2. The molecule has 0 saturated heterocycles. The Morgan fingerprint density at radius 1 is 1.50 bits per heavy atom. The van der Waals surface area contributed by atoms with Crippen LogP contribution < -0.4 is 5.32 Å². The molecule has 62 valence electrons. The third-order valence-corrected chi connectivity index (χ3v) is 1.49. The molecule has 0 heterocycles. The second kappa shape index (κ2) is 4.05. The van der Waals surface area contributed by atoms with Crippen LogP contribution in [-0.4, -0.2) is 26.6 Å². The lowest BCUT2D eigenvalue weighted by molar-refractivity contribution is 0.437. The highest BCUT2D eigenvalue weighted by atomic mass is 32.2. The van der Waals surface area contributed by atoms with Crippen LogP contribution in [0.5, 0.6) is 0 Å². The van der Waals surface area contributed by atoms with Gasteiger partial charge in [0.1, 0.15) is 0 Å². The topological polar surface area (TPSA) is 49.3 Å². The van der Waals surface area contributed by atoms with E-state index in [0.29, 0.717) is 12.3 Å². The zero-order valence-electron chi connectivity index (χ0n) is 6.68. The Balaban J connectivity index is 3.29. The first-order valence-corrected chi connectivity index (χ1v) is 4.52. The fourth-order valence-corrected chi connectivity index (χ4v) is 0.790. The number of hydrogen-bond acceptors (Lipinski definition) is 2. The van der Waals surface area contributed by atoms with Gasteiger partial charge in [0.15, 0.2) is 11.1 Å². The molecule has 0 aliphatic heterocycles.